The number of nitrogens with zero attached hydrogens (tertiary/aromatic N) is 2. The molecule has 1 aromatic heterocycles. The number of carbonyl (C=O) groups excluding carboxylic acids is 1. The van der Waals surface area contributed by atoms with Crippen molar-refractivity contribution in [2.75, 3.05) is 12.1 Å². The fourth-order valence-electron chi connectivity index (χ4n) is 3.46. The number of rotatable bonds is 2. The molecule has 2 aliphatic heterocycles. The number of ether oxygens (including phenoxy) is 2. The number of amides is 1. The van der Waals surface area contributed by atoms with Crippen LogP contribution in [-0.4, -0.2) is 22.3 Å². The van der Waals surface area contributed by atoms with Gasteiger partial charge in [0.05, 0.1) is 15.9 Å². The summed E-state index contributed by atoms with van der Waals surface area (Å²) in [5.74, 6) is 1.33. The molecule has 2 aliphatic rings. The first-order valence-corrected chi connectivity index (χ1v) is 8.92. The minimum absolute atomic E-state index is 0.0743. The Kier molecular flexibility index (Phi) is 3.58. The summed E-state index contributed by atoms with van der Waals surface area (Å²) in [5, 5.41) is 3.59. The third-order valence-electron chi connectivity index (χ3n) is 4.76. The first kappa shape index (κ1) is 16.1. The van der Waals surface area contributed by atoms with Crippen molar-refractivity contribution in [2.45, 2.75) is 19.4 Å². The molecule has 0 unspecified atom stereocenters. The summed E-state index contributed by atoms with van der Waals surface area (Å²) in [6.07, 6.45) is 1.74. The van der Waals surface area contributed by atoms with Crippen LogP contribution in [0.5, 0.6) is 11.5 Å². The van der Waals surface area contributed by atoms with Gasteiger partial charge in [0, 0.05) is 24.2 Å². The number of aryl methyl sites for hydroxylation is 1. The van der Waals surface area contributed by atoms with Gasteiger partial charge in [0.1, 0.15) is 5.82 Å². The van der Waals surface area contributed by atoms with Crippen molar-refractivity contribution in [3.63, 3.8) is 0 Å². The molecular formula is C19H14ClN3O4. The van der Waals surface area contributed by atoms with Gasteiger partial charge in [-0.15, -0.1) is 0 Å². The SMILES string of the molecule is O=C(Nc1ccc2nc3n(c(=O)c2c1)CCC3)c1cc(Cl)c2c(c1)OCO2. The quantitative estimate of drug-likeness (QED) is 0.735. The molecule has 0 radical (unpaired) electrons. The molecule has 0 spiro atoms. The molecule has 3 aromatic rings. The topological polar surface area (TPSA) is 82.5 Å². The highest BCUT2D eigenvalue weighted by atomic mass is 35.5. The average Bonchev–Trinajstić information content (AvgIpc) is 3.31. The highest BCUT2D eigenvalue weighted by Crippen LogP contribution is 2.39. The first-order valence-electron chi connectivity index (χ1n) is 8.54. The second-order valence-corrected chi connectivity index (χ2v) is 6.87. The van der Waals surface area contributed by atoms with Crippen molar-refractivity contribution in [3.8, 4) is 11.5 Å². The zero-order valence-corrected chi connectivity index (χ0v) is 14.9. The minimum atomic E-state index is -0.358. The molecule has 0 saturated heterocycles. The lowest BCUT2D eigenvalue weighted by molar-refractivity contribution is 0.102. The van der Waals surface area contributed by atoms with Crippen LogP contribution in [0.3, 0.4) is 0 Å². The Balaban J connectivity index is 1.49. The Hall–Kier alpha value is -3.06. The monoisotopic (exact) mass is 383 g/mol. The number of halogens is 1. The zero-order valence-electron chi connectivity index (χ0n) is 14.1. The van der Waals surface area contributed by atoms with Gasteiger partial charge in [0.2, 0.25) is 6.79 Å². The zero-order chi connectivity index (χ0) is 18.5. The van der Waals surface area contributed by atoms with Crippen molar-refractivity contribution in [2.24, 2.45) is 0 Å². The maximum Gasteiger partial charge on any atom is 0.261 e. The van der Waals surface area contributed by atoms with Crippen LogP contribution in [0.4, 0.5) is 5.69 Å². The van der Waals surface area contributed by atoms with Crippen molar-refractivity contribution in [3.05, 3.63) is 57.1 Å². The number of hydrogen-bond donors (Lipinski definition) is 1. The molecule has 136 valence electrons. The lowest BCUT2D eigenvalue weighted by Crippen LogP contribution is -2.21. The van der Waals surface area contributed by atoms with E-state index < -0.39 is 0 Å². The number of fused-ring (bicyclic) bond motifs is 3. The van der Waals surface area contributed by atoms with Gasteiger partial charge in [-0.05, 0) is 36.8 Å². The Morgan fingerprint density at radius 2 is 2.11 bits per heavy atom. The second-order valence-electron chi connectivity index (χ2n) is 6.47. The molecule has 0 bridgehead atoms. The summed E-state index contributed by atoms with van der Waals surface area (Å²) in [6, 6.07) is 8.23. The summed E-state index contributed by atoms with van der Waals surface area (Å²) >= 11 is 6.14. The van der Waals surface area contributed by atoms with Gasteiger partial charge in [-0.1, -0.05) is 11.6 Å². The van der Waals surface area contributed by atoms with Crippen LogP contribution < -0.4 is 20.3 Å². The van der Waals surface area contributed by atoms with E-state index in [1.54, 1.807) is 28.8 Å². The molecule has 0 atom stereocenters. The van der Waals surface area contributed by atoms with Gasteiger partial charge < -0.3 is 14.8 Å². The highest BCUT2D eigenvalue weighted by Gasteiger charge is 2.21. The summed E-state index contributed by atoms with van der Waals surface area (Å²) < 4.78 is 12.2. The third kappa shape index (κ3) is 2.62. The average molecular weight is 384 g/mol. The number of anilines is 1. The van der Waals surface area contributed by atoms with Crippen molar-refractivity contribution in [1.29, 1.82) is 0 Å². The molecule has 0 aliphatic carbocycles. The Labute approximate surface area is 158 Å². The number of benzene rings is 2. The molecule has 1 amide bonds. The van der Waals surface area contributed by atoms with Crippen LogP contribution >= 0.6 is 11.6 Å². The Bertz CT molecular complexity index is 1170. The number of hydrogen-bond acceptors (Lipinski definition) is 5. The fraction of sp³-hybridized carbons (Fsp3) is 0.211. The van der Waals surface area contributed by atoms with Gasteiger partial charge in [-0.25, -0.2) is 4.98 Å². The van der Waals surface area contributed by atoms with Gasteiger partial charge in [-0.3, -0.25) is 14.2 Å². The number of nitrogens with one attached hydrogen (secondary N) is 1. The second kappa shape index (κ2) is 5.99. The summed E-state index contributed by atoms with van der Waals surface area (Å²) in [7, 11) is 0. The molecule has 0 fully saturated rings. The summed E-state index contributed by atoms with van der Waals surface area (Å²) in [6.45, 7) is 0.759. The molecule has 5 rings (SSSR count). The van der Waals surface area contributed by atoms with E-state index in [2.05, 4.69) is 10.3 Å². The van der Waals surface area contributed by atoms with E-state index in [1.807, 2.05) is 0 Å². The van der Waals surface area contributed by atoms with Crippen LogP contribution in [0.15, 0.2) is 35.1 Å². The van der Waals surface area contributed by atoms with Gasteiger partial charge in [0.25, 0.3) is 11.5 Å². The van der Waals surface area contributed by atoms with Crippen LogP contribution in [-0.2, 0) is 13.0 Å². The van der Waals surface area contributed by atoms with Crippen LogP contribution in [0, 0.1) is 0 Å². The van der Waals surface area contributed by atoms with Gasteiger partial charge >= 0.3 is 0 Å². The van der Waals surface area contributed by atoms with Crippen LogP contribution in [0.25, 0.3) is 10.9 Å². The minimum Gasteiger partial charge on any atom is -0.454 e. The molecular weight excluding hydrogens is 370 g/mol. The van der Waals surface area contributed by atoms with Gasteiger partial charge in [0.15, 0.2) is 11.5 Å². The molecule has 1 N–H and O–H groups in total. The van der Waals surface area contributed by atoms with E-state index in [0.717, 1.165) is 18.7 Å². The van der Waals surface area contributed by atoms with E-state index in [4.69, 9.17) is 21.1 Å². The third-order valence-corrected chi connectivity index (χ3v) is 5.04. The maximum atomic E-state index is 12.7. The molecule has 7 nitrogen and oxygen atoms in total. The highest BCUT2D eigenvalue weighted by molar-refractivity contribution is 6.32. The standard InChI is InChI=1S/C19H14ClN3O4/c20-13-6-10(7-15-17(13)27-9-26-15)18(24)21-11-3-4-14-12(8-11)19(25)23-5-1-2-16(23)22-14/h3-4,6-8H,1-2,5,9H2,(H,21,24). The molecule has 8 heteroatoms. The number of aromatic nitrogens is 2. The van der Waals surface area contributed by atoms with Crippen molar-refractivity contribution < 1.29 is 14.3 Å². The van der Waals surface area contributed by atoms with Gasteiger partial charge in [-0.2, -0.15) is 0 Å². The smallest absolute Gasteiger partial charge is 0.261 e. The number of carbonyl (C=O) groups is 1. The summed E-state index contributed by atoms with van der Waals surface area (Å²) in [4.78, 5) is 29.8. The Morgan fingerprint density at radius 3 is 3.00 bits per heavy atom. The van der Waals surface area contributed by atoms with E-state index in [-0.39, 0.29) is 18.3 Å². The largest absolute Gasteiger partial charge is 0.454 e. The maximum absolute atomic E-state index is 12.7. The fourth-order valence-corrected chi connectivity index (χ4v) is 3.73. The van der Waals surface area contributed by atoms with E-state index >= 15 is 0 Å². The lowest BCUT2D eigenvalue weighted by atomic mass is 10.1. The Morgan fingerprint density at radius 1 is 1.22 bits per heavy atom. The predicted octanol–water partition coefficient (Wildman–Crippen LogP) is 2.98. The molecule has 2 aromatic carbocycles. The lowest BCUT2D eigenvalue weighted by Gasteiger charge is -2.09. The van der Waals surface area contributed by atoms with E-state index in [0.29, 0.717) is 45.2 Å². The predicted molar refractivity (Wildman–Crippen MR) is 99.9 cm³/mol. The van der Waals surface area contributed by atoms with Crippen LogP contribution in [0.1, 0.15) is 22.6 Å². The molecule has 27 heavy (non-hydrogen) atoms. The van der Waals surface area contributed by atoms with E-state index in [1.165, 1.54) is 6.07 Å². The molecule has 3 heterocycles. The normalized spacial score (nSPS) is 14.4. The van der Waals surface area contributed by atoms with Crippen molar-refractivity contribution >= 4 is 34.1 Å². The summed E-state index contributed by atoms with van der Waals surface area (Å²) in [5.41, 5.74) is 1.42. The first-order chi connectivity index (χ1) is 13.1. The molecule has 0 saturated carbocycles. The van der Waals surface area contributed by atoms with E-state index in [9.17, 15) is 9.59 Å². The van der Waals surface area contributed by atoms with Crippen molar-refractivity contribution in [1.82, 2.24) is 9.55 Å². The van der Waals surface area contributed by atoms with Crippen LogP contribution in [0.2, 0.25) is 5.02 Å².